The van der Waals surface area contributed by atoms with Crippen LogP contribution in [0.1, 0.15) is 36.8 Å². The maximum absolute atomic E-state index is 14.5. The summed E-state index contributed by atoms with van der Waals surface area (Å²) in [5.74, 6) is -0.128. The topological polar surface area (TPSA) is 85.4 Å². The van der Waals surface area contributed by atoms with E-state index >= 15 is 0 Å². The first-order valence-electron chi connectivity index (χ1n) is 12.1. The van der Waals surface area contributed by atoms with Gasteiger partial charge < -0.3 is 20.9 Å². The molecule has 1 aromatic heterocycles. The third kappa shape index (κ3) is 5.05. The summed E-state index contributed by atoms with van der Waals surface area (Å²) in [6.07, 6.45) is 6.57. The molecular formula is C25H32FN7O. The van der Waals surface area contributed by atoms with E-state index in [0.717, 1.165) is 44.7 Å². The molecule has 2 saturated heterocycles. The second-order valence-corrected chi connectivity index (χ2v) is 9.36. The number of halogens is 1. The van der Waals surface area contributed by atoms with E-state index in [2.05, 4.69) is 49.5 Å². The van der Waals surface area contributed by atoms with Gasteiger partial charge in [0, 0.05) is 44.0 Å². The maximum atomic E-state index is 14.5. The number of nitrogens with one attached hydrogen (secondary N) is 3. The molecule has 1 unspecified atom stereocenters. The lowest BCUT2D eigenvalue weighted by Crippen LogP contribution is -2.44. The highest BCUT2D eigenvalue weighted by Gasteiger charge is 2.27. The van der Waals surface area contributed by atoms with E-state index in [-0.39, 0.29) is 17.8 Å². The summed E-state index contributed by atoms with van der Waals surface area (Å²) >= 11 is 0. The first-order valence-corrected chi connectivity index (χ1v) is 12.1. The fourth-order valence-electron chi connectivity index (χ4n) is 5.20. The van der Waals surface area contributed by atoms with E-state index in [9.17, 15) is 9.18 Å². The minimum absolute atomic E-state index is 0.0733. The van der Waals surface area contributed by atoms with Gasteiger partial charge in [-0.15, -0.1) is 0 Å². The van der Waals surface area contributed by atoms with E-state index in [4.69, 9.17) is 0 Å². The molecule has 8 nitrogen and oxygen atoms in total. The van der Waals surface area contributed by atoms with E-state index in [0.29, 0.717) is 25.1 Å². The number of hydrogen-bond donors (Lipinski definition) is 3. The Hall–Kier alpha value is -3.04. The third-order valence-electron chi connectivity index (χ3n) is 7.03. The Kier molecular flexibility index (Phi) is 6.73. The summed E-state index contributed by atoms with van der Waals surface area (Å²) in [7, 11) is 0. The molecule has 180 valence electrons. The first kappa shape index (κ1) is 22.7. The first-order chi connectivity index (χ1) is 16.6. The number of likely N-dealkylation sites (tertiary alicyclic amines) is 1. The molecule has 1 atom stereocenters. The average molecular weight is 466 g/mol. The van der Waals surface area contributed by atoms with Gasteiger partial charge in [-0.1, -0.05) is 12.6 Å². The van der Waals surface area contributed by atoms with Crippen LogP contribution in [0.3, 0.4) is 0 Å². The Morgan fingerprint density at radius 1 is 1.21 bits per heavy atom. The van der Waals surface area contributed by atoms with Gasteiger partial charge in [0.15, 0.2) is 11.6 Å². The Morgan fingerprint density at radius 2 is 2.03 bits per heavy atom. The lowest BCUT2D eigenvalue weighted by Gasteiger charge is -2.32. The van der Waals surface area contributed by atoms with Crippen LogP contribution < -0.4 is 16.0 Å². The molecule has 0 bridgehead atoms. The number of aromatic nitrogens is 2. The lowest BCUT2D eigenvalue weighted by molar-refractivity contribution is -0.127. The van der Waals surface area contributed by atoms with E-state index in [1.807, 2.05) is 6.07 Å². The van der Waals surface area contributed by atoms with Gasteiger partial charge in [0.05, 0.1) is 6.20 Å². The number of rotatable bonds is 6. The van der Waals surface area contributed by atoms with E-state index < -0.39 is 5.82 Å². The van der Waals surface area contributed by atoms with Gasteiger partial charge in [-0.05, 0) is 68.1 Å². The van der Waals surface area contributed by atoms with Gasteiger partial charge in [0.2, 0.25) is 11.9 Å². The van der Waals surface area contributed by atoms with Crippen molar-refractivity contribution in [2.24, 2.45) is 0 Å². The Bertz CT molecular complexity index is 1060. The highest BCUT2D eigenvalue weighted by Crippen LogP contribution is 2.30. The van der Waals surface area contributed by atoms with Crippen LogP contribution in [0.15, 0.2) is 37.1 Å². The molecule has 0 saturated carbocycles. The summed E-state index contributed by atoms with van der Waals surface area (Å²) in [4.78, 5) is 24.8. The van der Waals surface area contributed by atoms with Crippen LogP contribution in [0, 0.1) is 5.82 Å². The summed E-state index contributed by atoms with van der Waals surface area (Å²) in [6, 6.07) is 6.91. The summed E-state index contributed by atoms with van der Waals surface area (Å²) in [5.41, 5.74) is 3.57. The van der Waals surface area contributed by atoms with Gasteiger partial charge in [-0.2, -0.15) is 4.98 Å². The smallest absolute Gasteiger partial charge is 0.246 e. The van der Waals surface area contributed by atoms with Gasteiger partial charge >= 0.3 is 0 Å². The molecule has 9 heteroatoms. The molecule has 0 radical (unpaired) electrons. The molecule has 2 fully saturated rings. The van der Waals surface area contributed by atoms with Crippen LogP contribution in [-0.2, 0) is 17.9 Å². The number of benzene rings is 1. The highest BCUT2D eigenvalue weighted by molar-refractivity contribution is 5.87. The number of fused-ring (bicyclic) bond motifs is 1. The van der Waals surface area contributed by atoms with Crippen LogP contribution in [0.5, 0.6) is 0 Å². The molecule has 3 N–H and O–H groups in total. The number of hydrogen-bond acceptors (Lipinski definition) is 7. The van der Waals surface area contributed by atoms with Crippen LogP contribution in [0.25, 0.3) is 0 Å². The quantitative estimate of drug-likeness (QED) is 0.566. The second-order valence-electron chi connectivity index (χ2n) is 9.36. The van der Waals surface area contributed by atoms with Crippen molar-refractivity contribution in [2.45, 2.75) is 50.9 Å². The number of carbonyl (C=O) groups is 1. The molecule has 4 heterocycles. The van der Waals surface area contributed by atoms with Crippen molar-refractivity contribution in [3.63, 3.8) is 0 Å². The van der Waals surface area contributed by atoms with Crippen molar-refractivity contribution >= 4 is 23.4 Å². The van der Waals surface area contributed by atoms with Crippen LogP contribution >= 0.6 is 0 Å². The maximum Gasteiger partial charge on any atom is 0.246 e. The predicted octanol–water partition coefficient (Wildman–Crippen LogP) is 3.02. The van der Waals surface area contributed by atoms with Crippen molar-refractivity contribution in [1.29, 1.82) is 0 Å². The van der Waals surface area contributed by atoms with Crippen molar-refractivity contribution < 1.29 is 9.18 Å². The molecular weight excluding hydrogens is 433 g/mol. The van der Waals surface area contributed by atoms with Crippen LogP contribution in [0.4, 0.5) is 21.8 Å². The number of carbonyl (C=O) groups excluding carboxylic acids is 1. The summed E-state index contributed by atoms with van der Waals surface area (Å²) < 4.78 is 14.5. The fourth-order valence-corrected chi connectivity index (χ4v) is 5.20. The van der Waals surface area contributed by atoms with E-state index in [1.54, 1.807) is 4.90 Å². The van der Waals surface area contributed by atoms with Crippen LogP contribution in [-0.4, -0.2) is 63.9 Å². The Balaban J connectivity index is 1.24. The molecule has 1 amide bonds. The number of nitrogens with zero attached hydrogens (tertiary/aromatic N) is 4. The zero-order chi connectivity index (χ0) is 23.5. The zero-order valence-corrected chi connectivity index (χ0v) is 19.4. The molecule has 0 aliphatic carbocycles. The molecule has 34 heavy (non-hydrogen) atoms. The van der Waals surface area contributed by atoms with Crippen molar-refractivity contribution in [3.05, 3.63) is 54.0 Å². The van der Waals surface area contributed by atoms with Crippen molar-refractivity contribution in [1.82, 2.24) is 25.1 Å². The van der Waals surface area contributed by atoms with Crippen LogP contribution in [0.2, 0.25) is 0 Å². The normalized spacial score (nSPS) is 21.2. The predicted molar refractivity (Wildman–Crippen MR) is 130 cm³/mol. The fraction of sp³-hybridized carbons (Fsp3) is 0.480. The molecule has 2 aromatic rings. The third-order valence-corrected chi connectivity index (χ3v) is 7.03. The van der Waals surface area contributed by atoms with Gasteiger partial charge in [-0.25, -0.2) is 9.37 Å². The molecule has 1 aromatic carbocycles. The number of piperidine rings is 2. The summed E-state index contributed by atoms with van der Waals surface area (Å²) in [6.45, 7) is 8.87. The van der Waals surface area contributed by atoms with Gasteiger partial charge in [0.25, 0.3) is 0 Å². The SMILES string of the molecule is C=CC(=O)N1CCCC(Nc2nc(Nc3ccc4c(c3)CN(C3CCNCC3)C4)ncc2F)C1. The molecule has 0 spiro atoms. The minimum atomic E-state index is -0.510. The highest BCUT2D eigenvalue weighted by atomic mass is 19.1. The minimum Gasteiger partial charge on any atom is -0.363 e. The molecule has 3 aliphatic heterocycles. The molecule has 5 rings (SSSR count). The standard InChI is InChI=1S/C25H32FN7O/c1-2-23(34)32-11-3-4-20(16-32)29-24-22(26)13-28-25(31-24)30-19-6-5-17-14-33(15-18(17)12-19)21-7-9-27-10-8-21/h2,5-6,12-13,20-21,27H,1,3-4,7-11,14-16H2,(H2,28,29,30,31). The van der Waals surface area contributed by atoms with Gasteiger partial charge in [-0.3, -0.25) is 9.69 Å². The van der Waals surface area contributed by atoms with E-state index in [1.165, 1.54) is 36.2 Å². The van der Waals surface area contributed by atoms with Crippen molar-refractivity contribution in [2.75, 3.05) is 36.8 Å². The Morgan fingerprint density at radius 3 is 2.85 bits per heavy atom. The second kappa shape index (κ2) is 10.1. The largest absolute Gasteiger partial charge is 0.363 e. The average Bonchev–Trinajstić information content (AvgIpc) is 3.30. The summed E-state index contributed by atoms with van der Waals surface area (Å²) in [5, 5.41) is 9.83. The van der Waals surface area contributed by atoms with Gasteiger partial charge in [0.1, 0.15) is 0 Å². The zero-order valence-electron chi connectivity index (χ0n) is 19.4. The monoisotopic (exact) mass is 465 g/mol. The Labute approximate surface area is 199 Å². The number of anilines is 3. The number of amides is 1. The lowest BCUT2D eigenvalue weighted by atomic mass is 10.1. The molecule has 3 aliphatic rings. The van der Waals surface area contributed by atoms with Crippen molar-refractivity contribution in [3.8, 4) is 0 Å².